The minimum Gasteiger partial charge on any atom is -0.507 e. The third kappa shape index (κ3) is 3.72. The lowest BCUT2D eigenvalue weighted by atomic mass is 9.95. The Morgan fingerprint density at radius 1 is 1.21 bits per heavy atom. The third-order valence-electron chi connectivity index (χ3n) is 6.03. The van der Waals surface area contributed by atoms with E-state index in [1.165, 1.54) is 5.57 Å². The summed E-state index contributed by atoms with van der Waals surface area (Å²) in [6, 6.07) is 11.4. The summed E-state index contributed by atoms with van der Waals surface area (Å²) >= 11 is 0. The fourth-order valence-corrected chi connectivity index (χ4v) is 6.40. The van der Waals surface area contributed by atoms with Crippen LogP contribution >= 0.6 is 0 Å². The van der Waals surface area contributed by atoms with Crippen LogP contribution in [0, 0.1) is 0 Å². The topological polar surface area (TPSA) is 83.8 Å². The van der Waals surface area contributed by atoms with Crippen LogP contribution in [0.2, 0.25) is 0 Å². The smallest absolute Gasteiger partial charge is 0.163 e. The average molecular weight is 415 g/mol. The maximum Gasteiger partial charge on any atom is 0.163 e. The van der Waals surface area contributed by atoms with Crippen LogP contribution < -0.4 is 0 Å². The average Bonchev–Trinajstić information content (AvgIpc) is 3.26. The molecule has 1 saturated heterocycles. The molecule has 29 heavy (non-hydrogen) atoms. The Kier molecular flexibility index (Phi) is 5.51. The molecule has 2 aliphatic rings. The van der Waals surface area contributed by atoms with Crippen molar-refractivity contribution >= 4 is 26.7 Å². The first-order chi connectivity index (χ1) is 13.9. The van der Waals surface area contributed by atoms with E-state index in [0.717, 1.165) is 34.8 Å². The first kappa shape index (κ1) is 20.1. The van der Waals surface area contributed by atoms with Crippen molar-refractivity contribution in [3.8, 4) is 5.75 Å². The molecule has 6 heteroatoms. The van der Waals surface area contributed by atoms with Gasteiger partial charge in [-0.1, -0.05) is 48.9 Å². The van der Waals surface area contributed by atoms with Crippen molar-refractivity contribution in [2.75, 3.05) is 19.0 Å². The molecule has 4 rings (SSSR count). The van der Waals surface area contributed by atoms with Crippen molar-refractivity contribution in [3.05, 3.63) is 58.7 Å². The molecule has 0 amide bonds. The van der Waals surface area contributed by atoms with Crippen LogP contribution in [0.1, 0.15) is 31.7 Å². The number of phenols is 1. The summed E-state index contributed by atoms with van der Waals surface area (Å²) in [5.74, 6) is 0.228. The van der Waals surface area contributed by atoms with Gasteiger partial charge in [-0.25, -0.2) is 8.42 Å². The van der Waals surface area contributed by atoms with Gasteiger partial charge in [0.05, 0.1) is 25.1 Å². The Labute approximate surface area is 171 Å². The van der Waals surface area contributed by atoms with E-state index in [0.29, 0.717) is 12.0 Å². The lowest BCUT2D eigenvalue weighted by molar-refractivity contribution is 0.117. The van der Waals surface area contributed by atoms with Crippen LogP contribution in [0.4, 0.5) is 0 Å². The molecule has 2 aromatic carbocycles. The molecule has 0 radical (unpaired) electrons. The van der Waals surface area contributed by atoms with E-state index in [9.17, 15) is 18.6 Å². The number of hydrogen-bond donors (Lipinski definition) is 2. The summed E-state index contributed by atoms with van der Waals surface area (Å²) in [6.07, 6.45) is 4.26. The highest BCUT2D eigenvalue weighted by Gasteiger charge is 2.46. The number of aromatic hydroxyl groups is 1. The molecule has 0 saturated carbocycles. The number of benzene rings is 2. The van der Waals surface area contributed by atoms with E-state index in [1.54, 1.807) is 6.07 Å². The number of ether oxygens (including phenoxy) is 1. The Morgan fingerprint density at radius 3 is 2.69 bits per heavy atom. The Balaban J connectivity index is 1.56. The highest BCUT2D eigenvalue weighted by Crippen LogP contribution is 2.38. The number of phenolic OH excluding ortho intramolecular Hbond substituents is 1. The molecule has 2 atom stereocenters. The number of aliphatic hydroxyl groups excluding tert-OH is 1. The Hall–Kier alpha value is -2.15. The van der Waals surface area contributed by atoms with Gasteiger partial charge < -0.3 is 14.9 Å². The van der Waals surface area contributed by atoms with E-state index in [2.05, 4.69) is 13.0 Å². The van der Waals surface area contributed by atoms with E-state index < -0.39 is 15.1 Å². The summed E-state index contributed by atoms with van der Waals surface area (Å²) in [6.45, 7) is 2.08. The van der Waals surface area contributed by atoms with Crippen molar-refractivity contribution in [1.82, 2.24) is 0 Å². The largest absolute Gasteiger partial charge is 0.507 e. The molecule has 0 unspecified atom stereocenters. The molecular formula is C23H26O5S. The number of rotatable bonds is 6. The first-order valence-corrected chi connectivity index (χ1v) is 11.7. The number of hydrogen-bond acceptors (Lipinski definition) is 5. The van der Waals surface area contributed by atoms with Crippen LogP contribution in [0.5, 0.6) is 5.75 Å². The summed E-state index contributed by atoms with van der Waals surface area (Å²) in [4.78, 5) is 0. The number of allylic oxidation sites excluding steroid dienone is 1. The highest BCUT2D eigenvalue weighted by molar-refractivity contribution is 7.92. The van der Waals surface area contributed by atoms with Gasteiger partial charge in [0.15, 0.2) is 9.84 Å². The van der Waals surface area contributed by atoms with Crippen molar-refractivity contribution < 1.29 is 23.4 Å². The van der Waals surface area contributed by atoms with E-state index >= 15 is 0 Å². The van der Waals surface area contributed by atoms with Crippen molar-refractivity contribution in [2.24, 2.45) is 0 Å². The first-order valence-electron chi connectivity index (χ1n) is 10.0. The zero-order valence-corrected chi connectivity index (χ0v) is 17.3. The predicted octanol–water partition coefficient (Wildman–Crippen LogP) is 3.60. The van der Waals surface area contributed by atoms with E-state index in [4.69, 9.17) is 4.74 Å². The second-order valence-electron chi connectivity index (χ2n) is 7.75. The highest BCUT2D eigenvalue weighted by atomic mass is 32.2. The van der Waals surface area contributed by atoms with Crippen LogP contribution in [0.25, 0.3) is 16.8 Å². The quantitative estimate of drug-likeness (QED) is 0.706. The number of aliphatic hydroxyl groups is 1. The third-order valence-corrected chi connectivity index (χ3v) is 8.03. The summed E-state index contributed by atoms with van der Waals surface area (Å²) < 4.78 is 30.4. The van der Waals surface area contributed by atoms with Gasteiger partial charge in [0.25, 0.3) is 0 Å². The molecule has 2 aromatic rings. The lowest BCUT2D eigenvalue weighted by Gasteiger charge is -2.14. The standard InChI is InChI=1S/C23H26O5S/c1-2-15(11-16-8-9-20(25)19-6-4-3-5-18(16)19)7-10-21-23-17(12-24)14-29(26,27)22(23)13-28-21/h3-6,8-9,11,21-22,24-25H,2,7,10,12-14H2,1H3/b15-11+/t21-,22+/m1/s1. The summed E-state index contributed by atoms with van der Waals surface area (Å²) in [5.41, 5.74) is 3.70. The Bertz CT molecular complexity index is 1100. The van der Waals surface area contributed by atoms with Gasteiger partial charge >= 0.3 is 0 Å². The van der Waals surface area contributed by atoms with Crippen LogP contribution in [-0.4, -0.2) is 49.0 Å². The van der Waals surface area contributed by atoms with Crippen LogP contribution in [0.15, 0.2) is 53.1 Å². The summed E-state index contributed by atoms with van der Waals surface area (Å²) in [5, 5.41) is 20.9. The second kappa shape index (κ2) is 7.94. The molecule has 0 aliphatic carbocycles. The molecule has 154 valence electrons. The van der Waals surface area contributed by atoms with E-state index in [1.807, 2.05) is 30.3 Å². The number of fused-ring (bicyclic) bond motifs is 2. The van der Waals surface area contributed by atoms with Gasteiger partial charge in [0.2, 0.25) is 0 Å². The summed E-state index contributed by atoms with van der Waals surface area (Å²) in [7, 11) is -3.24. The van der Waals surface area contributed by atoms with Crippen molar-refractivity contribution in [2.45, 2.75) is 37.5 Å². The lowest BCUT2D eigenvalue weighted by Crippen LogP contribution is -2.19. The van der Waals surface area contributed by atoms with Crippen molar-refractivity contribution in [3.63, 3.8) is 0 Å². The fraction of sp³-hybridized carbons (Fsp3) is 0.391. The van der Waals surface area contributed by atoms with Gasteiger partial charge in [-0.3, -0.25) is 0 Å². The Morgan fingerprint density at radius 2 is 1.97 bits per heavy atom. The molecule has 0 bridgehead atoms. The molecule has 2 aliphatic heterocycles. The fourth-order valence-electron chi connectivity index (χ4n) is 4.47. The van der Waals surface area contributed by atoms with Crippen LogP contribution in [-0.2, 0) is 14.6 Å². The predicted molar refractivity (Wildman–Crippen MR) is 115 cm³/mol. The monoisotopic (exact) mass is 414 g/mol. The molecule has 0 spiro atoms. The maximum atomic E-state index is 12.3. The van der Waals surface area contributed by atoms with Crippen molar-refractivity contribution in [1.29, 1.82) is 0 Å². The molecule has 5 nitrogen and oxygen atoms in total. The minimum atomic E-state index is -3.24. The molecule has 2 heterocycles. The zero-order valence-electron chi connectivity index (χ0n) is 16.5. The molecule has 0 aromatic heterocycles. The maximum absolute atomic E-state index is 12.3. The minimum absolute atomic E-state index is 0.0423. The molecule has 1 fully saturated rings. The number of sulfone groups is 1. The van der Waals surface area contributed by atoms with E-state index in [-0.39, 0.29) is 30.8 Å². The molecular weight excluding hydrogens is 388 g/mol. The van der Waals surface area contributed by atoms with Gasteiger partial charge in [0.1, 0.15) is 11.0 Å². The second-order valence-corrected chi connectivity index (χ2v) is 9.93. The zero-order chi connectivity index (χ0) is 20.6. The normalized spacial score (nSPS) is 23.7. The molecule has 2 N–H and O–H groups in total. The van der Waals surface area contributed by atoms with Gasteiger partial charge in [-0.15, -0.1) is 0 Å². The SMILES string of the molecule is CC/C(=C\c1ccc(O)c2ccccc12)CC[C@H]1OC[C@H]2C1=C(CO)CS2(=O)=O. The van der Waals surface area contributed by atoms with Gasteiger partial charge in [-0.05, 0) is 47.4 Å². The van der Waals surface area contributed by atoms with Gasteiger partial charge in [-0.2, -0.15) is 0 Å². The van der Waals surface area contributed by atoms with Gasteiger partial charge in [0, 0.05) is 5.39 Å². The van der Waals surface area contributed by atoms with Crippen LogP contribution in [0.3, 0.4) is 0 Å².